The molecule has 0 atom stereocenters. The number of allylic oxidation sites excluding steroid dienone is 7. The summed E-state index contributed by atoms with van der Waals surface area (Å²) in [6, 6.07) is 31.7. The molecule has 0 fully saturated rings. The van der Waals surface area contributed by atoms with Crippen LogP contribution in [0.4, 0.5) is 0 Å². The molecule has 3 heteroatoms. The highest BCUT2D eigenvalue weighted by Gasteiger charge is 2.22. The molecule has 0 saturated carbocycles. The molecule has 0 unspecified atom stereocenters. The summed E-state index contributed by atoms with van der Waals surface area (Å²) in [6.45, 7) is 15.1. The fourth-order valence-electron chi connectivity index (χ4n) is 8.68. The Bertz CT molecular complexity index is 2690. The van der Waals surface area contributed by atoms with Crippen LogP contribution >= 0.6 is 0 Å². The van der Waals surface area contributed by atoms with Crippen LogP contribution in [-0.4, -0.2) is 13.7 Å². The largest absolute Gasteiger partial charge is 0.310 e. The number of hydrogen-bond acceptors (Lipinski definition) is 0. The van der Waals surface area contributed by atoms with E-state index in [0.29, 0.717) is 0 Å². The standard InChI is InChI=1S/C51H49N3/c1-7-19-46-40(10-4)43-32-36(28-31-49(43)52(46)37-22-15-13-16-23-37)35-26-29-39(30-27-35)54-48(21-9-3)42(12-6)45-33-44-41(11-5)47(20-8-2)53(50(44)34-51(45)54)38-24-17-14-18-25-38/h7-10,14-15,17-34H,4,11-13,16H2,1-3,5-6H3/b19-7-,20-8-,21-9-. The van der Waals surface area contributed by atoms with Gasteiger partial charge in [-0.3, -0.25) is 0 Å². The van der Waals surface area contributed by atoms with Crippen molar-refractivity contribution in [3.63, 3.8) is 0 Å². The maximum atomic E-state index is 4.25. The van der Waals surface area contributed by atoms with Crippen LogP contribution < -0.4 is 0 Å². The predicted molar refractivity (Wildman–Crippen MR) is 237 cm³/mol. The van der Waals surface area contributed by atoms with Crippen molar-refractivity contribution in [2.24, 2.45) is 0 Å². The average molecular weight is 704 g/mol. The Morgan fingerprint density at radius 2 is 1.17 bits per heavy atom. The van der Waals surface area contributed by atoms with Crippen molar-refractivity contribution in [3.05, 3.63) is 162 Å². The Morgan fingerprint density at radius 3 is 1.72 bits per heavy atom. The molecule has 0 radical (unpaired) electrons. The molecule has 3 aromatic heterocycles. The van der Waals surface area contributed by atoms with Crippen LogP contribution in [0.5, 0.6) is 0 Å². The molecule has 0 amide bonds. The summed E-state index contributed by atoms with van der Waals surface area (Å²) in [5.74, 6) is 0. The molecular weight excluding hydrogens is 655 g/mol. The van der Waals surface area contributed by atoms with E-state index in [-0.39, 0.29) is 0 Å². The lowest BCUT2D eigenvalue weighted by Crippen LogP contribution is -2.00. The van der Waals surface area contributed by atoms with Gasteiger partial charge >= 0.3 is 0 Å². The Hall–Kier alpha value is -6.06. The number of hydrogen-bond donors (Lipinski definition) is 0. The van der Waals surface area contributed by atoms with Crippen LogP contribution in [0.15, 0.2) is 128 Å². The first-order valence-corrected chi connectivity index (χ1v) is 19.5. The third kappa shape index (κ3) is 5.67. The summed E-state index contributed by atoms with van der Waals surface area (Å²) in [5.41, 5.74) is 17.2. The molecular formula is C51H49N3. The van der Waals surface area contributed by atoms with Gasteiger partial charge in [0, 0.05) is 50.2 Å². The number of rotatable bonds is 10. The van der Waals surface area contributed by atoms with Crippen molar-refractivity contribution in [1.29, 1.82) is 0 Å². The van der Waals surface area contributed by atoms with Crippen molar-refractivity contribution in [1.82, 2.24) is 13.7 Å². The van der Waals surface area contributed by atoms with Gasteiger partial charge in [-0.25, -0.2) is 0 Å². The highest BCUT2D eigenvalue weighted by Crippen LogP contribution is 2.40. The first-order valence-electron chi connectivity index (χ1n) is 19.5. The first kappa shape index (κ1) is 35.0. The van der Waals surface area contributed by atoms with Crippen molar-refractivity contribution < 1.29 is 0 Å². The molecule has 0 aliphatic heterocycles. The zero-order valence-corrected chi connectivity index (χ0v) is 32.2. The molecule has 1 aliphatic rings. The predicted octanol–water partition coefficient (Wildman–Crippen LogP) is 14.3. The van der Waals surface area contributed by atoms with E-state index in [4.69, 9.17) is 0 Å². The number of fused-ring (bicyclic) bond motifs is 3. The van der Waals surface area contributed by atoms with Gasteiger partial charge < -0.3 is 13.7 Å². The third-order valence-electron chi connectivity index (χ3n) is 11.0. The minimum atomic E-state index is 0.947. The molecule has 8 rings (SSSR count). The number of para-hydroxylation sites is 1. The summed E-state index contributed by atoms with van der Waals surface area (Å²) in [5, 5.41) is 3.86. The first-order chi connectivity index (χ1) is 26.6. The van der Waals surface area contributed by atoms with Crippen LogP contribution in [-0.2, 0) is 12.8 Å². The smallest absolute Gasteiger partial charge is 0.0558 e. The van der Waals surface area contributed by atoms with E-state index in [1.807, 2.05) is 6.08 Å². The Labute approximate surface area is 319 Å². The van der Waals surface area contributed by atoms with Crippen LogP contribution in [0.25, 0.3) is 85.2 Å². The van der Waals surface area contributed by atoms with Gasteiger partial charge in [-0.05, 0) is 142 Å². The fraction of sp³-hybridized carbons (Fsp3) is 0.176. The van der Waals surface area contributed by atoms with E-state index in [2.05, 4.69) is 195 Å². The maximum Gasteiger partial charge on any atom is 0.0558 e. The monoisotopic (exact) mass is 703 g/mol. The van der Waals surface area contributed by atoms with Crippen LogP contribution in [0.3, 0.4) is 0 Å². The molecule has 7 aromatic rings. The summed E-state index contributed by atoms with van der Waals surface area (Å²) in [7, 11) is 0. The lowest BCUT2D eigenvalue weighted by molar-refractivity contribution is 1.01. The maximum absolute atomic E-state index is 4.25. The lowest BCUT2D eigenvalue weighted by Gasteiger charge is -2.14. The summed E-state index contributed by atoms with van der Waals surface area (Å²) in [6.07, 6.45) is 26.1. The minimum absolute atomic E-state index is 0.947. The summed E-state index contributed by atoms with van der Waals surface area (Å²) < 4.78 is 7.30. The van der Waals surface area contributed by atoms with Crippen molar-refractivity contribution >= 4 is 62.7 Å². The quantitative estimate of drug-likeness (QED) is 0.135. The summed E-state index contributed by atoms with van der Waals surface area (Å²) in [4.78, 5) is 0. The van der Waals surface area contributed by atoms with E-state index in [0.717, 1.165) is 31.4 Å². The Balaban J connectivity index is 1.31. The van der Waals surface area contributed by atoms with Gasteiger partial charge in [-0.15, -0.1) is 0 Å². The van der Waals surface area contributed by atoms with Crippen LogP contribution in [0.2, 0.25) is 0 Å². The second-order valence-electron chi connectivity index (χ2n) is 14.1. The van der Waals surface area contributed by atoms with Crippen LogP contribution in [0, 0.1) is 0 Å². The van der Waals surface area contributed by atoms with E-state index < -0.39 is 0 Å². The van der Waals surface area contributed by atoms with Crippen molar-refractivity contribution in [2.45, 2.75) is 60.3 Å². The zero-order valence-electron chi connectivity index (χ0n) is 32.2. The molecule has 0 N–H and O–H groups in total. The summed E-state index contributed by atoms with van der Waals surface area (Å²) >= 11 is 0. The van der Waals surface area contributed by atoms with Crippen molar-refractivity contribution in [3.8, 4) is 22.5 Å². The van der Waals surface area contributed by atoms with Crippen LogP contribution in [0.1, 0.15) is 81.2 Å². The fourth-order valence-corrected chi connectivity index (χ4v) is 8.68. The molecule has 0 saturated heterocycles. The van der Waals surface area contributed by atoms with Gasteiger partial charge in [-0.1, -0.05) is 93.3 Å². The topological polar surface area (TPSA) is 14.8 Å². The second kappa shape index (κ2) is 14.8. The molecule has 1 aliphatic carbocycles. The molecule has 4 aromatic carbocycles. The highest BCUT2D eigenvalue weighted by molar-refractivity contribution is 6.04. The molecule has 3 heterocycles. The van der Waals surface area contributed by atoms with Gasteiger partial charge in [0.2, 0.25) is 0 Å². The second-order valence-corrected chi connectivity index (χ2v) is 14.1. The Morgan fingerprint density at radius 1 is 0.574 bits per heavy atom. The van der Waals surface area contributed by atoms with Gasteiger partial charge in [0.25, 0.3) is 0 Å². The van der Waals surface area contributed by atoms with Crippen molar-refractivity contribution in [2.75, 3.05) is 0 Å². The number of aryl methyl sites for hydroxylation is 2. The number of aromatic nitrogens is 3. The molecule has 3 nitrogen and oxygen atoms in total. The average Bonchev–Trinajstić information content (AvgIpc) is 3.81. The molecule has 0 bridgehead atoms. The molecule has 0 spiro atoms. The number of benzene rings is 4. The number of nitrogens with zero attached hydrogens (tertiary/aromatic N) is 3. The van der Waals surface area contributed by atoms with Gasteiger partial charge in [0.1, 0.15) is 0 Å². The lowest BCUT2D eigenvalue weighted by atomic mass is 10.0. The highest BCUT2D eigenvalue weighted by atomic mass is 15.0. The normalized spacial score (nSPS) is 13.5. The zero-order chi connectivity index (χ0) is 37.3. The van der Waals surface area contributed by atoms with E-state index in [9.17, 15) is 0 Å². The Kier molecular flexibility index (Phi) is 9.56. The van der Waals surface area contributed by atoms with Gasteiger partial charge in [0.05, 0.1) is 22.2 Å². The SMILES string of the molecule is C=Cc1c(/C=C\C)n(C2=CCCC=C2)c2ccc(-c3ccc(-n4c(/C=C\C)c(CC)c5cc6c(CC)c(/C=C\C)n(-c7ccccc7)c6cc54)cc3)cc12. The third-order valence-corrected chi connectivity index (χ3v) is 11.0. The van der Waals surface area contributed by atoms with Gasteiger partial charge in [-0.2, -0.15) is 0 Å². The van der Waals surface area contributed by atoms with Gasteiger partial charge in [0.15, 0.2) is 0 Å². The van der Waals surface area contributed by atoms with E-state index in [1.165, 1.54) is 89.0 Å². The molecule has 268 valence electrons. The minimum Gasteiger partial charge on any atom is -0.310 e. The molecule has 54 heavy (non-hydrogen) atoms. The van der Waals surface area contributed by atoms with E-state index >= 15 is 0 Å². The van der Waals surface area contributed by atoms with E-state index in [1.54, 1.807) is 0 Å².